The van der Waals surface area contributed by atoms with E-state index in [0.717, 1.165) is 25.9 Å². The van der Waals surface area contributed by atoms with Crippen molar-refractivity contribution in [2.75, 3.05) is 17.8 Å². The molecule has 1 amide bonds. The number of rotatable bonds is 5. The van der Waals surface area contributed by atoms with Gasteiger partial charge in [-0.2, -0.15) is 0 Å². The van der Waals surface area contributed by atoms with Crippen molar-refractivity contribution < 1.29 is 13.2 Å². The topological polar surface area (TPSA) is 87.3 Å². The van der Waals surface area contributed by atoms with Crippen LogP contribution in [0, 0.1) is 0 Å². The van der Waals surface area contributed by atoms with E-state index < -0.39 is 10.0 Å². The number of carbonyl (C=O) groups is 1. The highest BCUT2D eigenvalue weighted by molar-refractivity contribution is 7.92. The second kappa shape index (κ2) is 7.67. The van der Waals surface area contributed by atoms with Gasteiger partial charge in [0.25, 0.3) is 15.9 Å². The van der Waals surface area contributed by atoms with E-state index in [-0.39, 0.29) is 16.8 Å². The fourth-order valence-corrected chi connectivity index (χ4v) is 3.85. The van der Waals surface area contributed by atoms with Gasteiger partial charge in [0, 0.05) is 23.8 Å². The molecule has 1 aliphatic rings. The number of hydrogen-bond donors (Lipinski definition) is 3. The minimum absolute atomic E-state index is 0.103. The van der Waals surface area contributed by atoms with E-state index in [1.54, 1.807) is 42.5 Å². The zero-order valence-corrected chi connectivity index (χ0v) is 14.6. The van der Waals surface area contributed by atoms with Crippen molar-refractivity contribution in [2.45, 2.75) is 23.8 Å². The van der Waals surface area contributed by atoms with Crippen molar-refractivity contribution in [1.29, 1.82) is 0 Å². The minimum atomic E-state index is -3.67. The molecule has 1 saturated heterocycles. The first-order valence-electron chi connectivity index (χ1n) is 8.24. The molecule has 0 radical (unpaired) electrons. The highest BCUT2D eigenvalue weighted by Crippen LogP contribution is 2.17. The summed E-state index contributed by atoms with van der Waals surface area (Å²) >= 11 is 0. The second-order valence-corrected chi connectivity index (χ2v) is 7.70. The van der Waals surface area contributed by atoms with E-state index in [4.69, 9.17) is 0 Å². The predicted molar refractivity (Wildman–Crippen MR) is 97.1 cm³/mol. The molecule has 25 heavy (non-hydrogen) atoms. The molecule has 1 aliphatic heterocycles. The number of sulfonamides is 1. The summed E-state index contributed by atoms with van der Waals surface area (Å²) in [5.74, 6) is -0.200. The summed E-state index contributed by atoms with van der Waals surface area (Å²) in [7, 11) is -3.67. The molecule has 1 atom stereocenters. The standard InChI is InChI=1S/C18H21N3O3S/c22-18(20-16-8-5-11-19-13-16)14-6-4-7-15(12-14)21-25(23,24)17-9-2-1-3-10-17/h1-4,6-7,9-10,12,16,19,21H,5,8,11,13H2,(H,20,22)/t16-/m0/s1. The average Bonchev–Trinajstić information content (AvgIpc) is 2.63. The van der Waals surface area contributed by atoms with Crippen LogP contribution < -0.4 is 15.4 Å². The van der Waals surface area contributed by atoms with E-state index in [9.17, 15) is 13.2 Å². The molecule has 0 bridgehead atoms. The summed E-state index contributed by atoms with van der Waals surface area (Å²) in [6.45, 7) is 1.73. The number of nitrogens with one attached hydrogen (secondary N) is 3. The molecule has 132 valence electrons. The zero-order chi connectivity index (χ0) is 17.7. The first-order chi connectivity index (χ1) is 12.0. The first-order valence-corrected chi connectivity index (χ1v) is 9.72. The molecule has 0 spiro atoms. The third-order valence-corrected chi connectivity index (χ3v) is 5.46. The van der Waals surface area contributed by atoms with Gasteiger partial charge >= 0.3 is 0 Å². The molecule has 7 heteroatoms. The summed E-state index contributed by atoms with van der Waals surface area (Å²) in [4.78, 5) is 12.6. The Bertz CT molecular complexity index is 832. The predicted octanol–water partition coefficient (Wildman–Crippen LogP) is 1.97. The quantitative estimate of drug-likeness (QED) is 0.762. The Labute approximate surface area is 147 Å². The van der Waals surface area contributed by atoms with Gasteiger partial charge in [-0.3, -0.25) is 9.52 Å². The number of amides is 1. The van der Waals surface area contributed by atoms with Crippen molar-refractivity contribution in [2.24, 2.45) is 0 Å². The molecule has 2 aromatic rings. The van der Waals surface area contributed by atoms with Crippen LogP contribution >= 0.6 is 0 Å². The minimum Gasteiger partial charge on any atom is -0.348 e. The molecule has 3 N–H and O–H groups in total. The van der Waals surface area contributed by atoms with Gasteiger partial charge in [0.2, 0.25) is 0 Å². The molecular formula is C18H21N3O3S. The van der Waals surface area contributed by atoms with Gasteiger partial charge < -0.3 is 10.6 Å². The summed E-state index contributed by atoms with van der Waals surface area (Å²) in [6.07, 6.45) is 1.97. The van der Waals surface area contributed by atoms with Crippen LogP contribution in [-0.2, 0) is 10.0 Å². The van der Waals surface area contributed by atoms with E-state index in [0.29, 0.717) is 11.3 Å². The molecule has 0 unspecified atom stereocenters. The van der Waals surface area contributed by atoms with Crippen LogP contribution in [0.1, 0.15) is 23.2 Å². The third kappa shape index (κ3) is 4.58. The Hall–Kier alpha value is -2.38. The van der Waals surface area contributed by atoms with Crippen molar-refractivity contribution in [3.8, 4) is 0 Å². The van der Waals surface area contributed by atoms with E-state index >= 15 is 0 Å². The molecule has 1 fully saturated rings. The Balaban J connectivity index is 1.72. The summed E-state index contributed by atoms with van der Waals surface area (Å²) in [5.41, 5.74) is 0.789. The Morgan fingerprint density at radius 3 is 2.60 bits per heavy atom. The molecule has 0 aliphatic carbocycles. The average molecular weight is 359 g/mol. The summed E-state index contributed by atoms with van der Waals surface area (Å²) < 4.78 is 27.3. The van der Waals surface area contributed by atoms with Crippen LogP contribution in [0.4, 0.5) is 5.69 Å². The lowest BCUT2D eigenvalue weighted by atomic mass is 10.1. The lowest BCUT2D eigenvalue weighted by Crippen LogP contribution is -2.45. The van der Waals surface area contributed by atoms with Crippen LogP contribution in [-0.4, -0.2) is 33.5 Å². The van der Waals surface area contributed by atoms with Crippen LogP contribution in [0.5, 0.6) is 0 Å². The first kappa shape index (κ1) is 17.4. The zero-order valence-electron chi connectivity index (χ0n) is 13.7. The number of carbonyl (C=O) groups excluding carboxylic acids is 1. The van der Waals surface area contributed by atoms with Gasteiger partial charge in [0.1, 0.15) is 0 Å². The Kier molecular flexibility index (Phi) is 5.35. The number of anilines is 1. The SMILES string of the molecule is O=C(N[C@H]1CCCNC1)c1cccc(NS(=O)(=O)c2ccccc2)c1. The fourth-order valence-electron chi connectivity index (χ4n) is 2.78. The van der Waals surface area contributed by atoms with Crippen LogP contribution in [0.3, 0.4) is 0 Å². The van der Waals surface area contributed by atoms with E-state index in [2.05, 4.69) is 15.4 Å². The molecule has 6 nitrogen and oxygen atoms in total. The highest BCUT2D eigenvalue weighted by Gasteiger charge is 2.18. The van der Waals surface area contributed by atoms with Crippen molar-refractivity contribution in [1.82, 2.24) is 10.6 Å². The molecule has 1 heterocycles. The van der Waals surface area contributed by atoms with E-state index in [1.165, 1.54) is 12.1 Å². The molecule has 3 rings (SSSR count). The van der Waals surface area contributed by atoms with Gasteiger partial charge in [-0.05, 0) is 49.7 Å². The molecular weight excluding hydrogens is 338 g/mol. The number of hydrogen-bond acceptors (Lipinski definition) is 4. The van der Waals surface area contributed by atoms with Gasteiger partial charge in [-0.25, -0.2) is 8.42 Å². The molecule has 0 aromatic heterocycles. The van der Waals surface area contributed by atoms with Crippen LogP contribution in [0.15, 0.2) is 59.5 Å². The maximum Gasteiger partial charge on any atom is 0.261 e. The van der Waals surface area contributed by atoms with Crippen molar-refractivity contribution >= 4 is 21.6 Å². The second-order valence-electron chi connectivity index (χ2n) is 6.02. The maximum absolute atomic E-state index is 12.4. The lowest BCUT2D eigenvalue weighted by molar-refractivity contribution is 0.0930. The third-order valence-electron chi connectivity index (χ3n) is 4.06. The summed E-state index contributed by atoms with van der Waals surface area (Å²) in [5, 5.41) is 6.22. The molecule has 0 saturated carbocycles. The smallest absolute Gasteiger partial charge is 0.261 e. The number of piperidine rings is 1. The maximum atomic E-state index is 12.4. The Morgan fingerprint density at radius 1 is 1.08 bits per heavy atom. The lowest BCUT2D eigenvalue weighted by Gasteiger charge is -2.23. The number of benzene rings is 2. The van der Waals surface area contributed by atoms with Gasteiger partial charge in [-0.1, -0.05) is 24.3 Å². The molecule has 2 aromatic carbocycles. The van der Waals surface area contributed by atoms with Crippen LogP contribution in [0.25, 0.3) is 0 Å². The largest absolute Gasteiger partial charge is 0.348 e. The Morgan fingerprint density at radius 2 is 1.88 bits per heavy atom. The van der Waals surface area contributed by atoms with Gasteiger partial charge in [-0.15, -0.1) is 0 Å². The van der Waals surface area contributed by atoms with Crippen molar-refractivity contribution in [3.05, 3.63) is 60.2 Å². The van der Waals surface area contributed by atoms with Crippen molar-refractivity contribution in [3.63, 3.8) is 0 Å². The van der Waals surface area contributed by atoms with E-state index in [1.807, 2.05) is 0 Å². The summed E-state index contributed by atoms with van der Waals surface area (Å²) in [6, 6.07) is 14.7. The van der Waals surface area contributed by atoms with Gasteiger partial charge in [0.15, 0.2) is 0 Å². The monoisotopic (exact) mass is 359 g/mol. The highest BCUT2D eigenvalue weighted by atomic mass is 32.2. The normalized spacial score (nSPS) is 17.7. The van der Waals surface area contributed by atoms with Gasteiger partial charge in [0.05, 0.1) is 4.90 Å². The van der Waals surface area contributed by atoms with Crippen LogP contribution in [0.2, 0.25) is 0 Å². The fraction of sp³-hybridized carbons (Fsp3) is 0.278.